The minimum absolute atomic E-state index is 0.447. The number of thiophene rings is 1. The molecule has 102 valence electrons. The van der Waals surface area contributed by atoms with Gasteiger partial charge < -0.3 is 10.1 Å². The molecular formula is C14H19N3OS. The summed E-state index contributed by atoms with van der Waals surface area (Å²) < 4.78 is 5.42. The van der Waals surface area contributed by atoms with Crippen LogP contribution in [-0.4, -0.2) is 29.7 Å². The van der Waals surface area contributed by atoms with Crippen LogP contribution < -0.4 is 5.32 Å². The van der Waals surface area contributed by atoms with E-state index in [1.807, 2.05) is 0 Å². The molecule has 0 aromatic carbocycles. The molecule has 2 aromatic rings. The highest BCUT2D eigenvalue weighted by Crippen LogP contribution is 2.30. The highest BCUT2D eigenvalue weighted by molar-refractivity contribution is 7.16. The molecule has 0 aliphatic carbocycles. The number of aromatic nitrogens is 2. The Balaban J connectivity index is 1.95. The second kappa shape index (κ2) is 5.84. The predicted octanol–water partition coefficient (Wildman–Crippen LogP) is 3.41. The summed E-state index contributed by atoms with van der Waals surface area (Å²) in [5.74, 6) is 2.42. The Kier molecular flexibility index (Phi) is 3.94. The molecular weight excluding hydrogens is 258 g/mol. The molecule has 19 heavy (non-hydrogen) atoms. The summed E-state index contributed by atoms with van der Waals surface area (Å²) in [5.41, 5.74) is 0. The summed E-state index contributed by atoms with van der Waals surface area (Å²) in [5, 5.41) is 6.66. The predicted molar refractivity (Wildman–Crippen MR) is 79.0 cm³/mol. The smallest absolute Gasteiger partial charge is 0.138 e. The minimum Gasteiger partial charge on any atom is -0.381 e. The Morgan fingerprint density at radius 3 is 3.00 bits per heavy atom. The van der Waals surface area contributed by atoms with Crippen LogP contribution in [0.25, 0.3) is 10.2 Å². The van der Waals surface area contributed by atoms with Crippen molar-refractivity contribution in [2.24, 2.45) is 0 Å². The van der Waals surface area contributed by atoms with Crippen LogP contribution in [0.5, 0.6) is 0 Å². The van der Waals surface area contributed by atoms with Gasteiger partial charge in [0, 0.05) is 25.7 Å². The number of nitrogens with zero attached hydrogens (tertiary/aromatic N) is 2. The van der Waals surface area contributed by atoms with Crippen molar-refractivity contribution in [1.82, 2.24) is 9.97 Å². The molecule has 1 fully saturated rings. The van der Waals surface area contributed by atoms with Crippen molar-refractivity contribution in [3.63, 3.8) is 0 Å². The highest BCUT2D eigenvalue weighted by Gasteiger charge is 2.20. The summed E-state index contributed by atoms with van der Waals surface area (Å²) in [6, 6.07) is 2.10. The Bertz CT molecular complexity index is 549. The van der Waals surface area contributed by atoms with Gasteiger partial charge in [-0.05, 0) is 30.7 Å². The van der Waals surface area contributed by atoms with Gasteiger partial charge in [0.2, 0.25) is 0 Å². The number of anilines is 1. The van der Waals surface area contributed by atoms with Gasteiger partial charge >= 0.3 is 0 Å². The molecule has 2 aromatic heterocycles. The van der Waals surface area contributed by atoms with Crippen molar-refractivity contribution in [2.45, 2.75) is 32.1 Å². The molecule has 0 saturated carbocycles. The van der Waals surface area contributed by atoms with E-state index in [2.05, 4.69) is 23.7 Å². The Labute approximate surface area is 117 Å². The molecule has 0 bridgehead atoms. The van der Waals surface area contributed by atoms with Crippen LogP contribution in [-0.2, 0) is 4.74 Å². The molecule has 0 spiro atoms. The molecule has 1 aliphatic heterocycles. The first-order valence-electron chi connectivity index (χ1n) is 6.95. The lowest BCUT2D eigenvalue weighted by Crippen LogP contribution is -2.17. The van der Waals surface area contributed by atoms with Crippen LogP contribution in [0.15, 0.2) is 11.4 Å². The molecule has 0 amide bonds. The summed E-state index contributed by atoms with van der Waals surface area (Å²) in [4.78, 5) is 10.6. The third-order valence-electron chi connectivity index (χ3n) is 3.47. The maximum atomic E-state index is 5.42. The van der Waals surface area contributed by atoms with E-state index in [9.17, 15) is 0 Å². The van der Waals surface area contributed by atoms with Gasteiger partial charge in [-0.3, -0.25) is 0 Å². The maximum Gasteiger partial charge on any atom is 0.138 e. The first-order chi connectivity index (χ1) is 9.38. The molecule has 1 aliphatic rings. The number of hydrogen-bond donors (Lipinski definition) is 1. The van der Waals surface area contributed by atoms with Crippen LogP contribution in [0.1, 0.15) is 37.9 Å². The molecule has 3 rings (SSSR count). The fourth-order valence-corrected chi connectivity index (χ4v) is 3.16. The van der Waals surface area contributed by atoms with Crippen LogP contribution in [0.2, 0.25) is 0 Å². The van der Waals surface area contributed by atoms with Gasteiger partial charge in [0.1, 0.15) is 16.5 Å². The lowest BCUT2D eigenvalue weighted by Gasteiger charge is -2.21. The number of ether oxygens (including phenoxy) is 1. The molecule has 0 atom stereocenters. The van der Waals surface area contributed by atoms with Gasteiger partial charge in [0.25, 0.3) is 0 Å². The van der Waals surface area contributed by atoms with Gasteiger partial charge in [0.05, 0.1) is 5.39 Å². The fourth-order valence-electron chi connectivity index (χ4n) is 2.39. The van der Waals surface area contributed by atoms with Crippen LogP contribution in [0.4, 0.5) is 5.82 Å². The second-order valence-electron chi connectivity index (χ2n) is 4.88. The average Bonchev–Trinajstić information content (AvgIpc) is 2.94. The van der Waals surface area contributed by atoms with Crippen molar-refractivity contribution >= 4 is 27.4 Å². The zero-order valence-corrected chi connectivity index (χ0v) is 12.0. The maximum absolute atomic E-state index is 5.42. The lowest BCUT2D eigenvalue weighted by molar-refractivity contribution is 0.0837. The minimum atomic E-state index is 0.447. The SMILES string of the molecule is CCCNc1nc(C2CCOCC2)nc2sccc12. The molecule has 5 heteroatoms. The normalized spacial score (nSPS) is 16.9. The summed E-state index contributed by atoms with van der Waals surface area (Å²) in [6.07, 6.45) is 3.16. The second-order valence-corrected chi connectivity index (χ2v) is 5.78. The summed E-state index contributed by atoms with van der Waals surface area (Å²) in [7, 11) is 0. The van der Waals surface area contributed by atoms with E-state index in [0.717, 1.165) is 60.9 Å². The third-order valence-corrected chi connectivity index (χ3v) is 4.28. The van der Waals surface area contributed by atoms with E-state index in [1.54, 1.807) is 11.3 Å². The number of rotatable bonds is 4. The van der Waals surface area contributed by atoms with Gasteiger partial charge in [-0.25, -0.2) is 9.97 Å². The zero-order valence-electron chi connectivity index (χ0n) is 11.2. The summed E-state index contributed by atoms with van der Waals surface area (Å²) in [6.45, 7) is 4.77. The number of hydrogen-bond acceptors (Lipinski definition) is 5. The quantitative estimate of drug-likeness (QED) is 0.930. The molecule has 1 N–H and O–H groups in total. The molecule has 3 heterocycles. The van der Waals surface area contributed by atoms with Crippen molar-refractivity contribution in [3.05, 3.63) is 17.3 Å². The number of nitrogens with one attached hydrogen (secondary N) is 1. The first-order valence-corrected chi connectivity index (χ1v) is 7.83. The standard InChI is InChI=1S/C14H19N3OS/c1-2-6-15-13-11-5-9-19-14(11)17-12(16-13)10-3-7-18-8-4-10/h5,9-10H,2-4,6-8H2,1H3,(H,15,16,17). The third kappa shape index (κ3) is 2.72. The monoisotopic (exact) mass is 277 g/mol. The molecule has 0 radical (unpaired) electrons. The fraction of sp³-hybridized carbons (Fsp3) is 0.571. The Morgan fingerprint density at radius 2 is 2.21 bits per heavy atom. The Hall–Kier alpha value is -1.20. The van der Waals surface area contributed by atoms with Crippen molar-refractivity contribution in [3.8, 4) is 0 Å². The first kappa shape index (κ1) is 12.8. The van der Waals surface area contributed by atoms with E-state index in [0.29, 0.717) is 5.92 Å². The van der Waals surface area contributed by atoms with Gasteiger partial charge in [-0.15, -0.1) is 11.3 Å². The molecule has 4 nitrogen and oxygen atoms in total. The summed E-state index contributed by atoms with van der Waals surface area (Å²) >= 11 is 1.69. The molecule has 0 unspecified atom stereocenters. The van der Waals surface area contributed by atoms with E-state index >= 15 is 0 Å². The number of fused-ring (bicyclic) bond motifs is 1. The van der Waals surface area contributed by atoms with Crippen LogP contribution in [0, 0.1) is 0 Å². The van der Waals surface area contributed by atoms with Crippen LogP contribution >= 0.6 is 11.3 Å². The highest BCUT2D eigenvalue weighted by atomic mass is 32.1. The van der Waals surface area contributed by atoms with Gasteiger partial charge in [0.15, 0.2) is 0 Å². The average molecular weight is 277 g/mol. The van der Waals surface area contributed by atoms with Crippen molar-refractivity contribution < 1.29 is 4.74 Å². The Morgan fingerprint density at radius 1 is 1.37 bits per heavy atom. The zero-order chi connectivity index (χ0) is 13.1. The largest absolute Gasteiger partial charge is 0.381 e. The van der Waals surface area contributed by atoms with Crippen LogP contribution in [0.3, 0.4) is 0 Å². The van der Waals surface area contributed by atoms with Crippen molar-refractivity contribution in [1.29, 1.82) is 0 Å². The van der Waals surface area contributed by atoms with E-state index in [4.69, 9.17) is 14.7 Å². The molecule has 1 saturated heterocycles. The van der Waals surface area contributed by atoms with E-state index < -0.39 is 0 Å². The lowest BCUT2D eigenvalue weighted by atomic mass is 9.99. The van der Waals surface area contributed by atoms with Crippen molar-refractivity contribution in [2.75, 3.05) is 25.1 Å². The van der Waals surface area contributed by atoms with Gasteiger partial charge in [-0.2, -0.15) is 0 Å². The topological polar surface area (TPSA) is 47.0 Å². The van der Waals surface area contributed by atoms with E-state index in [1.165, 1.54) is 0 Å². The van der Waals surface area contributed by atoms with E-state index in [-0.39, 0.29) is 0 Å². The van der Waals surface area contributed by atoms with Gasteiger partial charge in [-0.1, -0.05) is 6.92 Å².